The summed E-state index contributed by atoms with van der Waals surface area (Å²) in [6.45, 7) is 5.71. The Morgan fingerprint density at radius 3 is 2.23 bits per heavy atom. The molecule has 0 bridgehead atoms. The molecule has 1 fully saturated rings. The van der Waals surface area contributed by atoms with Crippen molar-refractivity contribution in [3.05, 3.63) is 95.6 Å². The Labute approximate surface area is 207 Å². The molecular weight excluding hydrogens is 462 g/mol. The standard InChI is InChI=1S/C27H31N3O4S/c1-21-8-10-22(11-9-21)26(20-30-16-18-34-19-17-30)28-27(31)23-12-14-25(15-13-23)35(32,33)29(2)24-6-4-3-5-7-24/h3-15,26H,16-20H2,1-2H3,(H,28,31)/t26-/m0/s1. The van der Waals surface area contributed by atoms with Crippen LogP contribution in [0.25, 0.3) is 0 Å². The number of hydrogen-bond donors (Lipinski definition) is 1. The Kier molecular flexibility index (Phi) is 7.85. The Hall–Kier alpha value is -3.20. The smallest absolute Gasteiger partial charge is 0.264 e. The summed E-state index contributed by atoms with van der Waals surface area (Å²) in [4.78, 5) is 15.5. The first-order chi connectivity index (χ1) is 16.8. The van der Waals surface area contributed by atoms with Crippen LogP contribution in [-0.2, 0) is 14.8 Å². The summed E-state index contributed by atoms with van der Waals surface area (Å²) in [5, 5.41) is 3.14. The van der Waals surface area contributed by atoms with Crippen LogP contribution in [0.5, 0.6) is 0 Å². The molecule has 0 aliphatic carbocycles. The molecular formula is C27H31N3O4S. The molecule has 4 rings (SSSR count). The monoisotopic (exact) mass is 493 g/mol. The molecule has 1 N–H and O–H groups in total. The van der Waals surface area contributed by atoms with Crippen molar-refractivity contribution < 1.29 is 17.9 Å². The van der Waals surface area contributed by atoms with E-state index in [2.05, 4.69) is 10.2 Å². The number of anilines is 1. The number of nitrogens with zero attached hydrogens (tertiary/aromatic N) is 2. The minimum atomic E-state index is -3.74. The summed E-state index contributed by atoms with van der Waals surface area (Å²) in [5.41, 5.74) is 3.16. The molecule has 1 heterocycles. The Balaban J connectivity index is 1.50. The van der Waals surface area contributed by atoms with Gasteiger partial charge < -0.3 is 10.1 Å². The molecule has 1 atom stereocenters. The zero-order chi connectivity index (χ0) is 24.8. The molecule has 184 valence electrons. The van der Waals surface area contributed by atoms with Gasteiger partial charge in [-0.1, -0.05) is 48.0 Å². The molecule has 3 aromatic rings. The summed E-state index contributed by atoms with van der Waals surface area (Å²) in [6, 6.07) is 22.9. The lowest BCUT2D eigenvalue weighted by Gasteiger charge is -2.31. The number of carbonyl (C=O) groups excluding carboxylic acids is 1. The van der Waals surface area contributed by atoms with Crippen molar-refractivity contribution in [2.75, 3.05) is 44.2 Å². The highest BCUT2D eigenvalue weighted by Crippen LogP contribution is 2.22. The van der Waals surface area contributed by atoms with E-state index in [1.807, 2.05) is 37.3 Å². The second-order valence-corrected chi connectivity index (χ2v) is 10.7. The van der Waals surface area contributed by atoms with Crippen LogP contribution in [0, 0.1) is 6.92 Å². The van der Waals surface area contributed by atoms with Crippen LogP contribution >= 0.6 is 0 Å². The van der Waals surface area contributed by atoms with Gasteiger partial charge in [0.1, 0.15) is 0 Å². The summed E-state index contributed by atoms with van der Waals surface area (Å²) in [7, 11) is -2.22. The molecule has 0 unspecified atom stereocenters. The number of amides is 1. The average Bonchev–Trinajstić information content (AvgIpc) is 2.89. The molecule has 0 radical (unpaired) electrons. The van der Waals surface area contributed by atoms with Crippen LogP contribution in [0.2, 0.25) is 0 Å². The SMILES string of the molecule is Cc1ccc([C@H](CN2CCOCC2)NC(=O)c2ccc(S(=O)(=O)N(C)c3ccccc3)cc2)cc1. The van der Waals surface area contributed by atoms with Gasteiger partial charge in [-0.3, -0.25) is 14.0 Å². The van der Waals surface area contributed by atoms with E-state index in [-0.39, 0.29) is 16.8 Å². The lowest BCUT2D eigenvalue weighted by Crippen LogP contribution is -2.43. The van der Waals surface area contributed by atoms with Crippen LogP contribution in [0.4, 0.5) is 5.69 Å². The third kappa shape index (κ3) is 6.08. The fourth-order valence-electron chi connectivity index (χ4n) is 4.03. The van der Waals surface area contributed by atoms with Gasteiger partial charge in [-0.25, -0.2) is 8.42 Å². The zero-order valence-electron chi connectivity index (χ0n) is 20.1. The van der Waals surface area contributed by atoms with Gasteiger partial charge in [0.25, 0.3) is 15.9 Å². The molecule has 3 aromatic carbocycles. The quantitative estimate of drug-likeness (QED) is 0.519. The van der Waals surface area contributed by atoms with Crippen molar-refractivity contribution >= 4 is 21.6 Å². The number of rotatable bonds is 8. The maximum absolute atomic E-state index is 13.1. The maximum Gasteiger partial charge on any atom is 0.264 e. The first kappa shape index (κ1) is 24.9. The van der Waals surface area contributed by atoms with Gasteiger partial charge in [-0.15, -0.1) is 0 Å². The van der Waals surface area contributed by atoms with E-state index in [0.29, 0.717) is 31.0 Å². The first-order valence-electron chi connectivity index (χ1n) is 11.7. The second-order valence-electron chi connectivity index (χ2n) is 8.68. The summed E-state index contributed by atoms with van der Waals surface area (Å²) in [6.07, 6.45) is 0. The van der Waals surface area contributed by atoms with E-state index < -0.39 is 10.0 Å². The van der Waals surface area contributed by atoms with E-state index in [9.17, 15) is 13.2 Å². The van der Waals surface area contributed by atoms with Crippen LogP contribution in [0.1, 0.15) is 27.5 Å². The van der Waals surface area contributed by atoms with Gasteiger partial charge >= 0.3 is 0 Å². The zero-order valence-corrected chi connectivity index (χ0v) is 20.9. The van der Waals surface area contributed by atoms with Crippen LogP contribution in [0.3, 0.4) is 0 Å². The summed E-state index contributed by atoms with van der Waals surface area (Å²) >= 11 is 0. The van der Waals surface area contributed by atoms with E-state index in [0.717, 1.165) is 24.2 Å². The van der Waals surface area contributed by atoms with Crippen LogP contribution in [0.15, 0.2) is 83.8 Å². The number of hydrogen-bond acceptors (Lipinski definition) is 5. The average molecular weight is 494 g/mol. The number of carbonyl (C=O) groups is 1. The fraction of sp³-hybridized carbons (Fsp3) is 0.296. The molecule has 0 saturated carbocycles. The summed E-state index contributed by atoms with van der Waals surface area (Å²) in [5.74, 6) is -0.246. The lowest BCUT2D eigenvalue weighted by atomic mass is 10.0. The molecule has 7 nitrogen and oxygen atoms in total. The normalized spacial score (nSPS) is 15.4. The number of ether oxygens (including phenoxy) is 1. The number of benzene rings is 3. The van der Waals surface area contributed by atoms with E-state index >= 15 is 0 Å². The highest BCUT2D eigenvalue weighted by molar-refractivity contribution is 7.92. The van der Waals surface area contributed by atoms with Gasteiger partial charge in [0.05, 0.1) is 29.8 Å². The maximum atomic E-state index is 13.1. The number of nitrogens with one attached hydrogen (secondary N) is 1. The number of morpholine rings is 1. The van der Waals surface area contributed by atoms with E-state index in [1.54, 1.807) is 36.4 Å². The van der Waals surface area contributed by atoms with Gasteiger partial charge in [-0.2, -0.15) is 0 Å². The van der Waals surface area contributed by atoms with Gasteiger partial charge in [0.15, 0.2) is 0 Å². The number of para-hydroxylation sites is 1. The van der Waals surface area contributed by atoms with Gasteiger partial charge in [-0.05, 0) is 48.9 Å². The molecule has 0 spiro atoms. The largest absolute Gasteiger partial charge is 0.379 e. The van der Waals surface area contributed by atoms with Crippen molar-refractivity contribution in [3.8, 4) is 0 Å². The van der Waals surface area contributed by atoms with E-state index in [1.165, 1.54) is 23.5 Å². The first-order valence-corrected chi connectivity index (χ1v) is 13.1. The van der Waals surface area contributed by atoms with Crippen molar-refractivity contribution in [1.29, 1.82) is 0 Å². The number of aryl methyl sites for hydroxylation is 1. The predicted octanol–water partition coefficient (Wildman–Crippen LogP) is 3.62. The highest BCUT2D eigenvalue weighted by Gasteiger charge is 2.23. The van der Waals surface area contributed by atoms with Crippen molar-refractivity contribution in [2.24, 2.45) is 0 Å². The Morgan fingerprint density at radius 1 is 0.971 bits per heavy atom. The third-order valence-electron chi connectivity index (χ3n) is 6.22. The van der Waals surface area contributed by atoms with Crippen molar-refractivity contribution in [2.45, 2.75) is 17.9 Å². The van der Waals surface area contributed by atoms with Crippen LogP contribution in [-0.4, -0.2) is 59.1 Å². The molecule has 1 saturated heterocycles. The molecule has 0 aromatic heterocycles. The van der Waals surface area contributed by atoms with Crippen molar-refractivity contribution in [3.63, 3.8) is 0 Å². The lowest BCUT2D eigenvalue weighted by molar-refractivity contribution is 0.0332. The molecule has 1 aliphatic heterocycles. The fourth-order valence-corrected chi connectivity index (χ4v) is 5.23. The topological polar surface area (TPSA) is 79.0 Å². The molecule has 35 heavy (non-hydrogen) atoms. The Bertz CT molecular complexity index is 1220. The van der Waals surface area contributed by atoms with E-state index in [4.69, 9.17) is 4.74 Å². The molecule has 1 aliphatic rings. The molecule has 8 heteroatoms. The van der Waals surface area contributed by atoms with Gasteiger partial charge in [0, 0.05) is 32.2 Å². The number of sulfonamides is 1. The second kappa shape index (κ2) is 11.0. The Morgan fingerprint density at radius 2 is 1.60 bits per heavy atom. The minimum Gasteiger partial charge on any atom is -0.379 e. The minimum absolute atomic E-state index is 0.129. The van der Waals surface area contributed by atoms with Gasteiger partial charge in [0.2, 0.25) is 0 Å². The summed E-state index contributed by atoms with van der Waals surface area (Å²) < 4.78 is 32.8. The third-order valence-corrected chi connectivity index (χ3v) is 8.02. The molecule has 1 amide bonds. The highest BCUT2D eigenvalue weighted by atomic mass is 32.2. The predicted molar refractivity (Wildman–Crippen MR) is 137 cm³/mol. The van der Waals surface area contributed by atoms with Crippen LogP contribution < -0.4 is 9.62 Å². The van der Waals surface area contributed by atoms with Crippen molar-refractivity contribution in [1.82, 2.24) is 10.2 Å².